The highest BCUT2D eigenvalue weighted by atomic mass is 19.1. The molecule has 0 atom stereocenters. The zero-order valence-corrected chi connectivity index (χ0v) is 12.9. The van der Waals surface area contributed by atoms with E-state index < -0.39 is 12.7 Å². The molecule has 23 heavy (non-hydrogen) atoms. The van der Waals surface area contributed by atoms with Crippen LogP contribution in [0.4, 0.5) is 4.39 Å². The summed E-state index contributed by atoms with van der Waals surface area (Å²) in [7, 11) is 1.93. The van der Waals surface area contributed by atoms with Crippen LogP contribution in [0.25, 0.3) is 33.2 Å². The van der Waals surface area contributed by atoms with Gasteiger partial charge in [0.15, 0.2) is 6.20 Å². The number of hydrogen-bond acceptors (Lipinski definition) is 1. The van der Waals surface area contributed by atoms with Crippen molar-refractivity contribution in [3.63, 3.8) is 0 Å². The van der Waals surface area contributed by atoms with Crippen LogP contribution in [0, 0.1) is 19.6 Å². The fourth-order valence-corrected chi connectivity index (χ4v) is 3.08. The maximum absolute atomic E-state index is 14.3. The summed E-state index contributed by atoms with van der Waals surface area (Å²) in [6.07, 6.45) is 1.93. The predicted octanol–water partition coefficient (Wildman–Crippen LogP) is 4.83. The predicted molar refractivity (Wildman–Crippen MR) is 89.8 cm³/mol. The van der Waals surface area contributed by atoms with E-state index in [0.29, 0.717) is 11.0 Å². The Labute approximate surface area is 138 Å². The highest BCUT2D eigenvalue weighted by Gasteiger charge is 2.21. The molecular weight excluding hydrogens is 289 g/mol. The minimum Gasteiger partial charge on any atom is -0.455 e. The molecule has 4 aromatic rings. The highest BCUT2D eigenvalue weighted by Crippen LogP contribution is 2.38. The molecule has 0 aliphatic heterocycles. The molecule has 2 heterocycles. The number of pyridine rings is 1. The van der Waals surface area contributed by atoms with Gasteiger partial charge in [-0.2, -0.15) is 0 Å². The summed E-state index contributed by atoms with van der Waals surface area (Å²) in [6.45, 7) is -0.621. The van der Waals surface area contributed by atoms with Crippen LogP contribution >= 0.6 is 0 Å². The van der Waals surface area contributed by atoms with E-state index in [-0.39, 0.29) is 11.1 Å². The number of aryl methyl sites for hydroxylation is 3. The van der Waals surface area contributed by atoms with Gasteiger partial charge < -0.3 is 4.42 Å². The third-order valence-corrected chi connectivity index (χ3v) is 4.28. The number of halogens is 1. The average molecular weight is 309 g/mol. The van der Waals surface area contributed by atoms with E-state index >= 15 is 0 Å². The first-order chi connectivity index (χ1) is 12.3. The Morgan fingerprint density at radius 3 is 2.61 bits per heavy atom. The molecule has 0 aliphatic carbocycles. The molecular formula is C20H17FNO+. The summed E-state index contributed by atoms with van der Waals surface area (Å²) < 4.78 is 45.3. The van der Waals surface area contributed by atoms with E-state index in [9.17, 15) is 4.39 Å². The largest absolute Gasteiger partial charge is 0.455 e. The first-order valence-corrected chi connectivity index (χ1v) is 7.39. The van der Waals surface area contributed by atoms with Crippen LogP contribution in [0.5, 0.6) is 0 Å². The topological polar surface area (TPSA) is 17.0 Å². The van der Waals surface area contributed by atoms with E-state index in [1.807, 2.05) is 55.1 Å². The third-order valence-electron chi connectivity index (χ3n) is 4.28. The summed E-state index contributed by atoms with van der Waals surface area (Å²) in [5, 5.41) is 1.38. The second kappa shape index (κ2) is 4.92. The van der Waals surface area contributed by atoms with Gasteiger partial charge in [0, 0.05) is 32.6 Å². The Kier molecular flexibility index (Phi) is 2.34. The van der Waals surface area contributed by atoms with Crippen molar-refractivity contribution in [2.24, 2.45) is 7.05 Å². The van der Waals surface area contributed by atoms with Gasteiger partial charge in [0.1, 0.15) is 24.0 Å². The van der Waals surface area contributed by atoms with Crippen molar-refractivity contribution >= 4 is 21.9 Å². The molecule has 2 aromatic heterocycles. The minimum absolute atomic E-state index is 0.0884. The molecule has 0 saturated heterocycles. The van der Waals surface area contributed by atoms with E-state index in [1.165, 1.54) is 6.07 Å². The summed E-state index contributed by atoms with van der Waals surface area (Å²) in [5.41, 5.74) is 3.09. The SMILES string of the molecule is [2H]C([2H])([2H])c1c(F)ccc2c1oc1c(-c3cccc[n+]3C)c(C)ccc12. The van der Waals surface area contributed by atoms with Crippen LogP contribution < -0.4 is 4.57 Å². The molecule has 0 spiro atoms. The van der Waals surface area contributed by atoms with Crippen LogP contribution in [-0.4, -0.2) is 0 Å². The highest BCUT2D eigenvalue weighted by molar-refractivity contribution is 6.10. The molecule has 0 amide bonds. The first-order valence-electron chi connectivity index (χ1n) is 8.89. The van der Waals surface area contributed by atoms with Gasteiger partial charge in [-0.1, -0.05) is 12.1 Å². The Bertz CT molecular complexity index is 1160. The number of hydrogen-bond donors (Lipinski definition) is 0. The summed E-state index contributed by atoms with van der Waals surface area (Å²) in [6, 6.07) is 12.5. The monoisotopic (exact) mass is 309 g/mol. The Morgan fingerprint density at radius 1 is 1.04 bits per heavy atom. The maximum atomic E-state index is 14.3. The lowest BCUT2D eigenvalue weighted by molar-refractivity contribution is -0.660. The van der Waals surface area contributed by atoms with Crippen LogP contribution in [0.3, 0.4) is 0 Å². The van der Waals surface area contributed by atoms with Crippen molar-refractivity contribution in [2.75, 3.05) is 0 Å². The second-order valence-corrected chi connectivity index (χ2v) is 5.73. The standard InChI is InChI=1S/C20H17FNO/c1-12-7-8-15-14-9-10-16(21)13(2)19(14)23-20(15)18(12)17-6-4-5-11-22(17)3/h4-11H,1-3H3/q+1/i2D3. The van der Waals surface area contributed by atoms with Crippen LogP contribution in [0.2, 0.25) is 0 Å². The van der Waals surface area contributed by atoms with Gasteiger partial charge in [-0.25, -0.2) is 8.96 Å². The summed E-state index contributed by atoms with van der Waals surface area (Å²) in [4.78, 5) is 0. The number of fused-ring (bicyclic) bond motifs is 3. The van der Waals surface area contributed by atoms with Crippen molar-refractivity contribution in [3.8, 4) is 11.3 Å². The second-order valence-electron chi connectivity index (χ2n) is 5.73. The Balaban J connectivity index is 2.18. The molecule has 0 saturated carbocycles. The van der Waals surface area contributed by atoms with Gasteiger partial charge in [0.2, 0.25) is 5.69 Å². The Hall–Kier alpha value is -2.68. The van der Waals surface area contributed by atoms with Gasteiger partial charge in [0.05, 0.1) is 5.56 Å². The quantitative estimate of drug-likeness (QED) is 0.460. The number of rotatable bonds is 1. The van der Waals surface area contributed by atoms with Gasteiger partial charge in [-0.3, -0.25) is 0 Å². The van der Waals surface area contributed by atoms with Crippen LogP contribution in [0.1, 0.15) is 15.2 Å². The van der Waals surface area contributed by atoms with Gasteiger partial charge in [-0.15, -0.1) is 0 Å². The molecule has 0 aliphatic rings. The molecule has 4 rings (SSSR count). The van der Waals surface area contributed by atoms with Crippen molar-refractivity contribution < 1.29 is 17.5 Å². The van der Waals surface area contributed by atoms with E-state index in [2.05, 4.69) is 0 Å². The molecule has 114 valence electrons. The molecule has 0 N–H and O–H groups in total. The molecule has 2 nitrogen and oxygen atoms in total. The van der Waals surface area contributed by atoms with Crippen molar-refractivity contribution in [1.82, 2.24) is 0 Å². The number of furan rings is 1. The molecule has 3 heteroatoms. The number of benzene rings is 2. The lowest BCUT2D eigenvalue weighted by Crippen LogP contribution is -2.30. The molecule has 2 aromatic carbocycles. The fourth-order valence-electron chi connectivity index (χ4n) is 3.08. The normalized spacial score (nSPS) is 14.0. The number of aromatic nitrogens is 1. The lowest BCUT2D eigenvalue weighted by atomic mass is 10.0. The van der Waals surface area contributed by atoms with E-state index in [1.54, 1.807) is 6.07 Å². The first kappa shape index (κ1) is 10.9. The molecule has 0 radical (unpaired) electrons. The smallest absolute Gasteiger partial charge is 0.216 e. The van der Waals surface area contributed by atoms with Crippen LogP contribution in [0.15, 0.2) is 53.1 Å². The van der Waals surface area contributed by atoms with Crippen molar-refractivity contribution in [3.05, 3.63) is 65.6 Å². The zero-order valence-electron chi connectivity index (χ0n) is 15.9. The minimum atomic E-state index is -2.59. The van der Waals surface area contributed by atoms with Crippen molar-refractivity contribution in [1.29, 1.82) is 0 Å². The summed E-state index contributed by atoms with van der Waals surface area (Å²) >= 11 is 0. The zero-order chi connectivity index (χ0) is 18.6. The lowest BCUT2D eigenvalue weighted by Gasteiger charge is -2.04. The Morgan fingerprint density at radius 2 is 1.83 bits per heavy atom. The van der Waals surface area contributed by atoms with E-state index in [4.69, 9.17) is 8.53 Å². The van der Waals surface area contributed by atoms with Gasteiger partial charge in [0.25, 0.3) is 0 Å². The fraction of sp³-hybridized carbons (Fsp3) is 0.150. The van der Waals surface area contributed by atoms with Gasteiger partial charge in [-0.05, 0) is 37.5 Å². The van der Waals surface area contributed by atoms with Crippen LogP contribution in [-0.2, 0) is 7.05 Å². The summed E-state index contributed by atoms with van der Waals surface area (Å²) in [5.74, 6) is -0.778. The molecule has 0 fully saturated rings. The average Bonchev–Trinajstić information content (AvgIpc) is 2.92. The maximum Gasteiger partial charge on any atom is 0.216 e. The van der Waals surface area contributed by atoms with Crippen molar-refractivity contribution in [2.45, 2.75) is 13.8 Å². The van der Waals surface area contributed by atoms with Gasteiger partial charge >= 0.3 is 0 Å². The number of nitrogens with zero attached hydrogens (tertiary/aromatic N) is 1. The molecule has 0 unspecified atom stereocenters. The third kappa shape index (κ3) is 1.96. The molecule has 0 bridgehead atoms. The van der Waals surface area contributed by atoms with E-state index in [0.717, 1.165) is 22.2 Å².